The summed E-state index contributed by atoms with van der Waals surface area (Å²) >= 11 is 8.99. The minimum Gasteiger partial charge on any atom is -0.444 e. The van der Waals surface area contributed by atoms with Crippen molar-refractivity contribution >= 4 is 39.3 Å². The quantitative estimate of drug-likeness (QED) is 0.803. The molecule has 116 valence electrons. The van der Waals surface area contributed by atoms with Crippen LogP contribution in [0.4, 0.5) is 0 Å². The highest BCUT2D eigenvalue weighted by molar-refractivity contribution is 9.10. The van der Waals surface area contributed by atoms with Gasteiger partial charge >= 0.3 is 0 Å². The molecule has 1 aromatic heterocycles. The summed E-state index contributed by atoms with van der Waals surface area (Å²) in [6.07, 6.45) is 0.672. The number of amides is 2. The molecule has 0 aliphatic heterocycles. The first-order valence-electron chi connectivity index (χ1n) is 6.59. The molecule has 0 fully saturated rings. The first-order chi connectivity index (χ1) is 10.5. The first kappa shape index (κ1) is 16.6. The van der Waals surface area contributed by atoms with Gasteiger partial charge in [0.15, 0.2) is 10.4 Å². The predicted molar refractivity (Wildman–Crippen MR) is 86.9 cm³/mol. The molecule has 0 atom stereocenters. The Bertz CT molecular complexity index is 672. The molecule has 2 amide bonds. The fourth-order valence-corrected chi connectivity index (χ4v) is 2.30. The van der Waals surface area contributed by atoms with Gasteiger partial charge in [-0.05, 0) is 52.2 Å². The van der Waals surface area contributed by atoms with Crippen molar-refractivity contribution in [2.45, 2.75) is 6.42 Å². The molecule has 0 radical (unpaired) electrons. The Kier molecular flexibility index (Phi) is 6.03. The summed E-state index contributed by atoms with van der Waals surface area (Å²) < 4.78 is 5.55. The molecular weight excluding hydrogens is 372 g/mol. The third-order valence-electron chi connectivity index (χ3n) is 2.83. The number of hydrogen-bond acceptors (Lipinski definition) is 3. The molecule has 2 aromatic rings. The Hall–Kier alpha value is -1.79. The zero-order valence-electron chi connectivity index (χ0n) is 11.6. The zero-order valence-corrected chi connectivity index (χ0v) is 13.9. The number of carbonyl (C=O) groups excluding carboxylic acids is 2. The largest absolute Gasteiger partial charge is 0.444 e. The monoisotopic (exact) mass is 384 g/mol. The molecule has 0 aliphatic carbocycles. The van der Waals surface area contributed by atoms with Gasteiger partial charge in [-0.1, -0.05) is 23.7 Å². The average Bonchev–Trinajstić information content (AvgIpc) is 2.91. The molecule has 2 rings (SSSR count). The lowest BCUT2D eigenvalue weighted by molar-refractivity contribution is -0.120. The normalized spacial score (nSPS) is 10.3. The summed E-state index contributed by atoms with van der Waals surface area (Å²) in [6, 6.07) is 10.6. The van der Waals surface area contributed by atoms with Crippen molar-refractivity contribution in [2.24, 2.45) is 0 Å². The minimum absolute atomic E-state index is 0.104. The Balaban J connectivity index is 1.69. The van der Waals surface area contributed by atoms with Crippen LogP contribution < -0.4 is 10.6 Å². The van der Waals surface area contributed by atoms with Gasteiger partial charge in [-0.15, -0.1) is 0 Å². The van der Waals surface area contributed by atoms with E-state index in [4.69, 9.17) is 16.0 Å². The Labute approximate surface area is 141 Å². The number of nitrogens with one attached hydrogen (secondary N) is 2. The molecule has 0 unspecified atom stereocenters. The number of benzene rings is 1. The zero-order chi connectivity index (χ0) is 15.9. The summed E-state index contributed by atoms with van der Waals surface area (Å²) in [5.74, 6) is -0.546. The van der Waals surface area contributed by atoms with Gasteiger partial charge in [0.05, 0.1) is 6.54 Å². The van der Waals surface area contributed by atoms with Crippen molar-refractivity contribution in [1.29, 1.82) is 0 Å². The van der Waals surface area contributed by atoms with Crippen LogP contribution in [0.2, 0.25) is 5.02 Å². The highest BCUT2D eigenvalue weighted by atomic mass is 79.9. The van der Waals surface area contributed by atoms with E-state index in [0.717, 1.165) is 5.56 Å². The molecule has 0 saturated heterocycles. The summed E-state index contributed by atoms with van der Waals surface area (Å²) in [4.78, 5) is 23.3. The van der Waals surface area contributed by atoms with Gasteiger partial charge in [0.2, 0.25) is 5.91 Å². The van der Waals surface area contributed by atoms with E-state index in [1.165, 1.54) is 6.07 Å². The highest BCUT2D eigenvalue weighted by Crippen LogP contribution is 2.13. The molecular formula is C15H14BrClN2O3. The van der Waals surface area contributed by atoms with Crippen molar-refractivity contribution in [2.75, 3.05) is 13.1 Å². The van der Waals surface area contributed by atoms with E-state index in [1.54, 1.807) is 12.1 Å². The van der Waals surface area contributed by atoms with Gasteiger partial charge in [0.1, 0.15) is 0 Å². The standard InChI is InChI=1S/C15H14BrClN2O3/c16-13-5-4-12(22-13)15(21)19-9-14(20)18-7-6-10-2-1-3-11(17)8-10/h1-5,8H,6-7,9H2,(H,18,20)(H,19,21). The van der Waals surface area contributed by atoms with Gasteiger partial charge in [-0.25, -0.2) is 0 Å². The first-order valence-corrected chi connectivity index (χ1v) is 7.76. The van der Waals surface area contributed by atoms with Crippen LogP contribution in [-0.2, 0) is 11.2 Å². The fourth-order valence-electron chi connectivity index (χ4n) is 1.79. The Morgan fingerprint density at radius 1 is 1.18 bits per heavy atom. The van der Waals surface area contributed by atoms with E-state index in [-0.39, 0.29) is 18.2 Å². The highest BCUT2D eigenvalue weighted by Gasteiger charge is 2.11. The van der Waals surface area contributed by atoms with Gasteiger partial charge in [0.25, 0.3) is 5.91 Å². The van der Waals surface area contributed by atoms with Crippen LogP contribution >= 0.6 is 27.5 Å². The third-order valence-corrected chi connectivity index (χ3v) is 3.49. The average molecular weight is 386 g/mol. The van der Waals surface area contributed by atoms with Crippen molar-refractivity contribution < 1.29 is 14.0 Å². The van der Waals surface area contributed by atoms with E-state index < -0.39 is 5.91 Å². The summed E-state index contributed by atoms with van der Waals surface area (Å²) in [5, 5.41) is 5.88. The maximum atomic E-state index is 11.7. The van der Waals surface area contributed by atoms with Crippen LogP contribution in [-0.4, -0.2) is 24.9 Å². The molecule has 0 spiro atoms. The van der Waals surface area contributed by atoms with E-state index >= 15 is 0 Å². The second kappa shape index (κ2) is 8.00. The number of hydrogen-bond donors (Lipinski definition) is 2. The third kappa shape index (κ3) is 5.20. The molecule has 0 aliphatic rings. The molecule has 5 nitrogen and oxygen atoms in total. The van der Waals surface area contributed by atoms with Crippen molar-refractivity contribution in [3.63, 3.8) is 0 Å². The molecule has 0 bridgehead atoms. The second-order valence-corrected chi connectivity index (χ2v) is 5.73. The van der Waals surface area contributed by atoms with Gasteiger partial charge in [-0.3, -0.25) is 9.59 Å². The smallest absolute Gasteiger partial charge is 0.287 e. The molecule has 1 heterocycles. The maximum Gasteiger partial charge on any atom is 0.287 e. The van der Waals surface area contributed by atoms with E-state index in [2.05, 4.69) is 26.6 Å². The number of carbonyl (C=O) groups is 2. The number of furan rings is 1. The lowest BCUT2D eigenvalue weighted by atomic mass is 10.1. The van der Waals surface area contributed by atoms with Crippen LogP contribution in [0.25, 0.3) is 0 Å². The second-order valence-electron chi connectivity index (χ2n) is 4.52. The van der Waals surface area contributed by atoms with Crippen molar-refractivity contribution in [3.05, 3.63) is 57.4 Å². The predicted octanol–water partition coefficient (Wildman–Crippen LogP) is 2.78. The van der Waals surface area contributed by atoms with Crippen LogP contribution in [0.15, 0.2) is 45.5 Å². The SMILES string of the molecule is O=C(CNC(=O)c1ccc(Br)o1)NCCc1cccc(Cl)c1. The van der Waals surface area contributed by atoms with E-state index in [1.807, 2.05) is 18.2 Å². The Morgan fingerprint density at radius 3 is 2.68 bits per heavy atom. The summed E-state index contributed by atoms with van der Waals surface area (Å²) in [7, 11) is 0. The van der Waals surface area contributed by atoms with Crippen LogP contribution in [0.1, 0.15) is 16.1 Å². The molecule has 0 saturated carbocycles. The maximum absolute atomic E-state index is 11.7. The van der Waals surface area contributed by atoms with E-state index in [9.17, 15) is 9.59 Å². The minimum atomic E-state index is -0.435. The van der Waals surface area contributed by atoms with Gasteiger partial charge in [0, 0.05) is 11.6 Å². The molecule has 1 aromatic carbocycles. The van der Waals surface area contributed by atoms with Crippen LogP contribution in [0.5, 0.6) is 0 Å². The topological polar surface area (TPSA) is 71.3 Å². The van der Waals surface area contributed by atoms with Crippen molar-refractivity contribution in [1.82, 2.24) is 10.6 Å². The lowest BCUT2D eigenvalue weighted by Crippen LogP contribution is -2.37. The van der Waals surface area contributed by atoms with E-state index in [0.29, 0.717) is 22.7 Å². The number of halogens is 2. The molecule has 22 heavy (non-hydrogen) atoms. The van der Waals surface area contributed by atoms with Crippen LogP contribution in [0.3, 0.4) is 0 Å². The summed E-state index contributed by atoms with van der Waals surface area (Å²) in [6.45, 7) is 0.369. The molecule has 2 N–H and O–H groups in total. The van der Waals surface area contributed by atoms with Crippen LogP contribution in [0, 0.1) is 0 Å². The molecule has 7 heteroatoms. The van der Waals surface area contributed by atoms with Crippen molar-refractivity contribution in [3.8, 4) is 0 Å². The lowest BCUT2D eigenvalue weighted by Gasteiger charge is -2.06. The fraction of sp³-hybridized carbons (Fsp3) is 0.200. The van der Waals surface area contributed by atoms with Gasteiger partial charge < -0.3 is 15.1 Å². The number of rotatable bonds is 6. The summed E-state index contributed by atoms with van der Waals surface area (Å²) in [5.41, 5.74) is 1.04. The Morgan fingerprint density at radius 2 is 2.00 bits per heavy atom. The van der Waals surface area contributed by atoms with Gasteiger partial charge in [-0.2, -0.15) is 0 Å².